The number of hydrogen-bond acceptors (Lipinski definition) is 4. The summed E-state index contributed by atoms with van der Waals surface area (Å²) in [5.74, 6) is 0.202. The second kappa shape index (κ2) is 6.73. The molecule has 4 nitrogen and oxygen atoms in total. The summed E-state index contributed by atoms with van der Waals surface area (Å²) in [5, 5.41) is 9.96. The lowest BCUT2D eigenvalue weighted by Gasteiger charge is -2.12. The molecule has 0 spiro atoms. The quantitative estimate of drug-likeness (QED) is 0.850. The monoisotopic (exact) mass is 272 g/mol. The fraction of sp³-hybridized carbons (Fsp3) is 0.188. The minimum absolute atomic E-state index is 0.154. The van der Waals surface area contributed by atoms with Gasteiger partial charge >= 0.3 is 5.97 Å². The lowest BCUT2D eigenvalue weighted by molar-refractivity contribution is 0.0600. The van der Waals surface area contributed by atoms with Gasteiger partial charge in [0.25, 0.3) is 0 Å². The van der Waals surface area contributed by atoms with Crippen LogP contribution in [0.25, 0.3) is 0 Å². The van der Waals surface area contributed by atoms with E-state index in [-0.39, 0.29) is 12.6 Å². The Balaban J connectivity index is 1.93. The van der Waals surface area contributed by atoms with Crippen molar-refractivity contribution < 1.29 is 19.4 Å². The van der Waals surface area contributed by atoms with Crippen molar-refractivity contribution in [2.24, 2.45) is 0 Å². The van der Waals surface area contributed by atoms with Gasteiger partial charge in [-0.25, -0.2) is 4.79 Å². The van der Waals surface area contributed by atoms with E-state index in [1.165, 1.54) is 7.11 Å². The Morgan fingerprint density at radius 3 is 2.35 bits per heavy atom. The SMILES string of the molecule is COC(=O)c1ccc(OCC(O)c2ccccc2)cc1. The van der Waals surface area contributed by atoms with Gasteiger partial charge in [0.2, 0.25) is 0 Å². The maximum Gasteiger partial charge on any atom is 0.337 e. The number of aliphatic hydroxyl groups is 1. The Hall–Kier alpha value is -2.33. The molecular formula is C16H16O4. The van der Waals surface area contributed by atoms with Crippen molar-refractivity contribution in [1.82, 2.24) is 0 Å². The fourth-order valence-electron chi connectivity index (χ4n) is 1.75. The number of hydrogen-bond donors (Lipinski definition) is 1. The van der Waals surface area contributed by atoms with Crippen molar-refractivity contribution in [3.8, 4) is 5.75 Å². The summed E-state index contributed by atoms with van der Waals surface area (Å²) in [7, 11) is 1.34. The van der Waals surface area contributed by atoms with Crippen LogP contribution < -0.4 is 4.74 Å². The Labute approximate surface area is 117 Å². The average molecular weight is 272 g/mol. The highest BCUT2D eigenvalue weighted by Crippen LogP contribution is 2.17. The van der Waals surface area contributed by atoms with Crippen LogP contribution in [-0.4, -0.2) is 24.8 Å². The molecule has 2 aromatic rings. The number of ether oxygens (including phenoxy) is 2. The first-order chi connectivity index (χ1) is 9.70. The standard InChI is InChI=1S/C16H16O4/c1-19-16(18)13-7-9-14(10-8-13)20-11-15(17)12-5-3-2-4-6-12/h2-10,15,17H,11H2,1H3. The zero-order chi connectivity index (χ0) is 14.4. The number of methoxy groups -OCH3 is 1. The topological polar surface area (TPSA) is 55.8 Å². The van der Waals surface area contributed by atoms with E-state index >= 15 is 0 Å². The van der Waals surface area contributed by atoms with E-state index in [0.717, 1.165) is 5.56 Å². The molecule has 0 saturated heterocycles. The molecule has 0 bridgehead atoms. The van der Waals surface area contributed by atoms with E-state index < -0.39 is 6.10 Å². The van der Waals surface area contributed by atoms with E-state index in [0.29, 0.717) is 11.3 Å². The molecular weight excluding hydrogens is 256 g/mol. The van der Waals surface area contributed by atoms with Gasteiger partial charge in [-0.1, -0.05) is 30.3 Å². The van der Waals surface area contributed by atoms with E-state index in [1.807, 2.05) is 30.3 Å². The molecule has 0 aliphatic heterocycles. The molecule has 0 aliphatic carbocycles. The third-order valence-electron chi connectivity index (χ3n) is 2.87. The molecule has 0 amide bonds. The number of carbonyl (C=O) groups is 1. The number of rotatable bonds is 5. The largest absolute Gasteiger partial charge is 0.491 e. The van der Waals surface area contributed by atoms with Gasteiger partial charge in [-0.2, -0.15) is 0 Å². The minimum atomic E-state index is -0.684. The van der Waals surface area contributed by atoms with Gasteiger partial charge < -0.3 is 14.6 Å². The van der Waals surface area contributed by atoms with Gasteiger partial charge in [0.15, 0.2) is 0 Å². The van der Waals surface area contributed by atoms with Gasteiger partial charge in [-0.05, 0) is 29.8 Å². The fourth-order valence-corrected chi connectivity index (χ4v) is 1.75. The van der Waals surface area contributed by atoms with Crippen LogP contribution >= 0.6 is 0 Å². The molecule has 1 atom stereocenters. The third-order valence-corrected chi connectivity index (χ3v) is 2.87. The van der Waals surface area contributed by atoms with Crippen molar-refractivity contribution in [3.63, 3.8) is 0 Å². The van der Waals surface area contributed by atoms with Crippen molar-refractivity contribution in [2.75, 3.05) is 13.7 Å². The summed E-state index contributed by atoms with van der Waals surface area (Å²) in [4.78, 5) is 11.3. The van der Waals surface area contributed by atoms with Crippen molar-refractivity contribution in [2.45, 2.75) is 6.10 Å². The predicted octanol–water partition coefficient (Wildman–Crippen LogP) is 2.59. The molecule has 0 radical (unpaired) electrons. The summed E-state index contributed by atoms with van der Waals surface area (Å²) in [6.07, 6.45) is -0.684. The van der Waals surface area contributed by atoms with Crippen LogP contribution in [0.15, 0.2) is 54.6 Å². The summed E-state index contributed by atoms with van der Waals surface area (Å²) in [6, 6.07) is 15.9. The molecule has 0 saturated carbocycles. The van der Waals surface area contributed by atoms with Crippen molar-refractivity contribution >= 4 is 5.97 Å². The molecule has 0 fully saturated rings. The minimum Gasteiger partial charge on any atom is -0.491 e. The first-order valence-corrected chi connectivity index (χ1v) is 6.25. The molecule has 0 aromatic heterocycles. The summed E-state index contributed by atoms with van der Waals surface area (Å²) in [5.41, 5.74) is 1.27. The molecule has 20 heavy (non-hydrogen) atoms. The van der Waals surface area contributed by atoms with Gasteiger partial charge in [-0.15, -0.1) is 0 Å². The normalized spacial score (nSPS) is 11.7. The summed E-state index contributed by atoms with van der Waals surface area (Å²) < 4.78 is 10.1. The lowest BCUT2D eigenvalue weighted by atomic mass is 10.1. The van der Waals surface area contributed by atoms with Crippen LogP contribution in [0.1, 0.15) is 22.0 Å². The molecule has 1 N–H and O–H groups in total. The second-order valence-corrected chi connectivity index (χ2v) is 4.25. The highest BCUT2D eigenvalue weighted by Gasteiger charge is 2.09. The highest BCUT2D eigenvalue weighted by molar-refractivity contribution is 5.89. The third kappa shape index (κ3) is 3.59. The average Bonchev–Trinajstić information content (AvgIpc) is 2.53. The zero-order valence-electron chi connectivity index (χ0n) is 11.2. The van der Waals surface area contributed by atoms with Gasteiger partial charge in [0.05, 0.1) is 12.7 Å². The molecule has 2 rings (SSSR count). The molecule has 104 valence electrons. The zero-order valence-corrected chi connectivity index (χ0v) is 11.2. The maximum atomic E-state index is 11.3. The molecule has 0 aliphatic rings. The van der Waals surface area contributed by atoms with Crippen molar-refractivity contribution in [1.29, 1.82) is 0 Å². The van der Waals surface area contributed by atoms with Crippen molar-refractivity contribution in [3.05, 3.63) is 65.7 Å². The Kier molecular flexibility index (Phi) is 4.74. The first-order valence-electron chi connectivity index (χ1n) is 6.25. The smallest absolute Gasteiger partial charge is 0.337 e. The van der Waals surface area contributed by atoms with Crippen LogP contribution in [0.4, 0.5) is 0 Å². The Morgan fingerprint density at radius 1 is 1.10 bits per heavy atom. The van der Waals surface area contributed by atoms with Gasteiger partial charge in [-0.3, -0.25) is 0 Å². The number of aliphatic hydroxyl groups excluding tert-OH is 1. The highest BCUT2D eigenvalue weighted by atomic mass is 16.5. The summed E-state index contributed by atoms with van der Waals surface area (Å²) >= 11 is 0. The molecule has 2 aromatic carbocycles. The van der Waals surface area contributed by atoms with E-state index in [1.54, 1.807) is 24.3 Å². The Morgan fingerprint density at radius 2 is 1.75 bits per heavy atom. The summed E-state index contributed by atoms with van der Waals surface area (Å²) in [6.45, 7) is 0.154. The lowest BCUT2D eigenvalue weighted by Crippen LogP contribution is -2.09. The number of carbonyl (C=O) groups excluding carboxylic acids is 1. The van der Waals surface area contributed by atoms with Gasteiger partial charge in [0.1, 0.15) is 18.5 Å². The van der Waals surface area contributed by atoms with Crippen LogP contribution in [-0.2, 0) is 4.74 Å². The maximum absolute atomic E-state index is 11.3. The molecule has 1 unspecified atom stereocenters. The molecule has 4 heteroatoms. The van der Waals surface area contributed by atoms with E-state index in [4.69, 9.17) is 4.74 Å². The Bertz CT molecular complexity index is 548. The first kappa shape index (κ1) is 14.1. The van der Waals surface area contributed by atoms with Crippen LogP contribution in [0.5, 0.6) is 5.75 Å². The molecule has 0 heterocycles. The second-order valence-electron chi connectivity index (χ2n) is 4.25. The van der Waals surface area contributed by atoms with E-state index in [2.05, 4.69) is 4.74 Å². The van der Waals surface area contributed by atoms with Gasteiger partial charge in [0, 0.05) is 0 Å². The predicted molar refractivity (Wildman–Crippen MR) is 74.7 cm³/mol. The van der Waals surface area contributed by atoms with E-state index in [9.17, 15) is 9.90 Å². The number of benzene rings is 2. The van der Waals surface area contributed by atoms with Crippen LogP contribution in [0, 0.1) is 0 Å². The number of esters is 1. The van der Waals surface area contributed by atoms with Crippen LogP contribution in [0.2, 0.25) is 0 Å². The van der Waals surface area contributed by atoms with Crippen LogP contribution in [0.3, 0.4) is 0 Å².